The molecule has 0 radical (unpaired) electrons. The van der Waals surface area contributed by atoms with Gasteiger partial charge in [0.25, 0.3) is 10.0 Å². The number of sulfonamides is 1. The van der Waals surface area contributed by atoms with Crippen LogP contribution in [0.25, 0.3) is 0 Å². The molecule has 2 amide bonds. The van der Waals surface area contributed by atoms with E-state index in [2.05, 4.69) is 5.32 Å². The molecule has 0 aromatic heterocycles. The zero-order valence-electron chi connectivity index (χ0n) is 25.0. The molecule has 0 heterocycles. The fraction of sp³-hybridized carbons (Fsp3) is 0.375. The number of rotatable bonds is 15. The molecule has 3 aromatic carbocycles. The number of nitrogens with one attached hydrogen (secondary N) is 1. The molecule has 9 nitrogen and oxygen atoms in total. The van der Waals surface area contributed by atoms with Gasteiger partial charge in [-0.05, 0) is 49.6 Å². The van der Waals surface area contributed by atoms with Crippen LogP contribution in [0.5, 0.6) is 11.5 Å². The molecule has 42 heavy (non-hydrogen) atoms. The third kappa shape index (κ3) is 8.03. The molecule has 0 aliphatic rings. The molecule has 226 valence electrons. The largest absolute Gasteiger partial charge is 0.497 e. The number of methoxy groups -OCH3 is 2. The number of anilines is 1. The summed E-state index contributed by atoms with van der Waals surface area (Å²) < 4.78 is 40.1. The third-order valence-electron chi connectivity index (χ3n) is 6.92. The molecule has 0 saturated carbocycles. The number of aryl methyl sites for hydroxylation is 1. The van der Waals surface area contributed by atoms with E-state index in [1.807, 2.05) is 45.0 Å². The van der Waals surface area contributed by atoms with Gasteiger partial charge < -0.3 is 19.7 Å². The van der Waals surface area contributed by atoms with Gasteiger partial charge in [0.15, 0.2) is 0 Å². The Labute approximate surface area is 249 Å². The number of carbonyl (C=O) groups excluding carboxylic acids is 2. The van der Waals surface area contributed by atoms with Crippen molar-refractivity contribution >= 4 is 27.5 Å². The second-order valence-corrected chi connectivity index (χ2v) is 11.8. The van der Waals surface area contributed by atoms with Crippen LogP contribution < -0.4 is 19.1 Å². The Morgan fingerprint density at radius 1 is 0.929 bits per heavy atom. The van der Waals surface area contributed by atoms with E-state index in [1.165, 1.54) is 37.3 Å². The van der Waals surface area contributed by atoms with E-state index in [4.69, 9.17) is 9.47 Å². The van der Waals surface area contributed by atoms with Gasteiger partial charge in [-0.25, -0.2) is 8.42 Å². The van der Waals surface area contributed by atoms with Crippen molar-refractivity contribution in [2.24, 2.45) is 0 Å². The van der Waals surface area contributed by atoms with Crippen molar-refractivity contribution in [1.29, 1.82) is 0 Å². The molecule has 0 bridgehead atoms. The van der Waals surface area contributed by atoms with Crippen LogP contribution in [0.3, 0.4) is 0 Å². The standard InChI is InChI=1S/C32H41N3O6S/c1-6-8-19-33-32(37)28(7-2)34(22-25-14-12-13-24(3)20-25)31(36)23-35(42(38,39)27-15-10-9-11-16-27)29-21-26(40-4)17-18-30(29)41-5/h9-18,20-21,28H,6-8,19,22-23H2,1-5H3,(H,33,37)/t28-/m0/s1. The number of hydrogen-bond donors (Lipinski definition) is 1. The first-order chi connectivity index (χ1) is 20.2. The monoisotopic (exact) mass is 595 g/mol. The molecule has 3 aromatic rings. The van der Waals surface area contributed by atoms with Gasteiger partial charge in [-0.3, -0.25) is 13.9 Å². The van der Waals surface area contributed by atoms with E-state index in [0.717, 1.165) is 28.3 Å². The Morgan fingerprint density at radius 3 is 2.29 bits per heavy atom. The summed E-state index contributed by atoms with van der Waals surface area (Å²) in [6, 6.07) is 19.5. The SMILES string of the molecule is CCCCNC(=O)[C@H](CC)N(Cc1cccc(C)c1)C(=O)CN(c1cc(OC)ccc1OC)S(=O)(=O)c1ccccc1. The summed E-state index contributed by atoms with van der Waals surface area (Å²) >= 11 is 0. The maximum absolute atomic E-state index is 14.3. The van der Waals surface area contributed by atoms with Crippen molar-refractivity contribution in [3.63, 3.8) is 0 Å². The molecule has 3 rings (SSSR count). The topological polar surface area (TPSA) is 105 Å². The van der Waals surface area contributed by atoms with Crippen molar-refractivity contribution in [3.8, 4) is 11.5 Å². The molecular weight excluding hydrogens is 554 g/mol. The van der Waals surface area contributed by atoms with Gasteiger partial charge in [-0.15, -0.1) is 0 Å². The van der Waals surface area contributed by atoms with Gasteiger partial charge in [-0.2, -0.15) is 0 Å². The molecule has 10 heteroatoms. The number of carbonyl (C=O) groups is 2. The second-order valence-electron chi connectivity index (χ2n) is 9.94. The summed E-state index contributed by atoms with van der Waals surface area (Å²) in [6.07, 6.45) is 2.08. The lowest BCUT2D eigenvalue weighted by Crippen LogP contribution is -2.52. The number of ether oxygens (including phenoxy) is 2. The van der Waals surface area contributed by atoms with Gasteiger partial charge in [0.1, 0.15) is 24.1 Å². The van der Waals surface area contributed by atoms with Crippen LogP contribution in [-0.4, -0.2) is 58.5 Å². The Kier molecular flexibility index (Phi) is 11.8. The minimum atomic E-state index is -4.24. The molecule has 0 spiro atoms. The van der Waals surface area contributed by atoms with Crippen molar-refractivity contribution in [2.45, 2.75) is 57.5 Å². The lowest BCUT2D eigenvalue weighted by Gasteiger charge is -2.33. The molecule has 0 aliphatic carbocycles. The van der Waals surface area contributed by atoms with Crippen LogP contribution in [0, 0.1) is 6.92 Å². The van der Waals surface area contributed by atoms with Crippen molar-refractivity contribution in [3.05, 3.63) is 83.9 Å². The number of hydrogen-bond acceptors (Lipinski definition) is 6. The second kappa shape index (κ2) is 15.3. The zero-order chi connectivity index (χ0) is 30.7. The fourth-order valence-corrected chi connectivity index (χ4v) is 6.10. The van der Waals surface area contributed by atoms with E-state index in [0.29, 0.717) is 18.7 Å². The predicted molar refractivity (Wildman–Crippen MR) is 164 cm³/mol. The van der Waals surface area contributed by atoms with E-state index in [1.54, 1.807) is 30.3 Å². The molecule has 1 N–H and O–H groups in total. The predicted octanol–water partition coefficient (Wildman–Crippen LogP) is 4.93. The highest BCUT2D eigenvalue weighted by Crippen LogP contribution is 2.36. The highest BCUT2D eigenvalue weighted by molar-refractivity contribution is 7.92. The van der Waals surface area contributed by atoms with Crippen molar-refractivity contribution in [2.75, 3.05) is 31.6 Å². The minimum absolute atomic E-state index is 0.0113. The quantitative estimate of drug-likeness (QED) is 0.250. The molecule has 1 atom stereocenters. The van der Waals surface area contributed by atoms with Gasteiger partial charge in [-0.1, -0.05) is 68.3 Å². The zero-order valence-corrected chi connectivity index (χ0v) is 25.8. The minimum Gasteiger partial charge on any atom is -0.497 e. The summed E-state index contributed by atoms with van der Waals surface area (Å²) in [5, 5.41) is 2.94. The number of nitrogens with zero attached hydrogens (tertiary/aromatic N) is 2. The van der Waals surface area contributed by atoms with Gasteiger partial charge in [0.2, 0.25) is 11.8 Å². The molecule has 0 aliphatic heterocycles. The lowest BCUT2D eigenvalue weighted by molar-refractivity contribution is -0.140. The van der Waals surface area contributed by atoms with E-state index >= 15 is 0 Å². The average Bonchev–Trinajstić information content (AvgIpc) is 2.99. The number of unbranched alkanes of at least 4 members (excludes halogenated alkanes) is 1. The van der Waals surface area contributed by atoms with Crippen molar-refractivity contribution in [1.82, 2.24) is 10.2 Å². The highest BCUT2D eigenvalue weighted by atomic mass is 32.2. The summed E-state index contributed by atoms with van der Waals surface area (Å²) in [5.74, 6) is -0.163. The first-order valence-electron chi connectivity index (χ1n) is 14.1. The van der Waals surface area contributed by atoms with Crippen LogP contribution >= 0.6 is 0 Å². The Balaban J connectivity index is 2.11. The van der Waals surface area contributed by atoms with E-state index < -0.39 is 28.5 Å². The normalized spacial score (nSPS) is 11.8. The Hall–Kier alpha value is -4.05. The van der Waals surface area contributed by atoms with Crippen molar-refractivity contribution < 1.29 is 27.5 Å². The smallest absolute Gasteiger partial charge is 0.264 e. The Bertz CT molecular complexity index is 1450. The first-order valence-corrected chi connectivity index (χ1v) is 15.5. The van der Waals surface area contributed by atoms with Crippen LogP contribution in [0.2, 0.25) is 0 Å². The maximum Gasteiger partial charge on any atom is 0.264 e. The Morgan fingerprint density at radius 2 is 1.67 bits per heavy atom. The van der Waals surface area contributed by atoms with Gasteiger partial charge in [0, 0.05) is 19.2 Å². The van der Waals surface area contributed by atoms with Crippen LogP contribution in [0.15, 0.2) is 77.7 Å². The summed E-state index contributed by atoms with van der Waals surface area (Å²) in [6.45, 7) is 5.89. The van der Waals surface area contributed by atoms with E-state index in [9.17, 15) is 18.0 Å². The summed E-state index contributed by atoms with van der Waals surface area (Å²) in [4.78, 5) is 29.1. The molecule has 0 saturated heterocycles. The fourth-order valence-electron chi connectivity index (χ4n) is 4.66. The maximum atomic E-state index is 14.3. The number of amides is 2. The molecular formula is C32H41N3O6S. The van der Waals surface area contributed by atoms with E-state index in [-0.39, 0.29) is 28.8 Å². The third-order valence-corrected chi connectivity index (χ3v) is 8.69. The van der Waals surface area contributed by atoms with Gasteiger partial charge >= 0.3 is 0 Å². The lowest BCUT2D eigenvalue weighted by atomic mass is 10.1. The van der Waals surface area contributed by atoms with Crippen LogP contribution in [-0.2, 0) is 26.2 Å². The number of benzene rings is 3. The summed E-state index contributed by atoms with van der Waals surface area (Å²) in [5.41, 5.74) is 1.99. The summed E-state index contributed by atoms with van der Waals surface area (Å²) in [7, 11) is -1.34. The average molecular weight is 596 g/mol. The molecule has 0 fully saturated rings. The first kappa shape index (κ1) is 32.5. The van der Waals surface area contributed by atoms with Crippen LogP contribution in [0.4, 0.5) is 5.69 Å². The molecule has 0 unspecified atom stereocenters. The highest BCUT2D eigenvalue weighted by Gasteiger charge is 2.35. The van der Waals surface area contributed by atoms with Gasteiger partial charge in [0.05, 0.1) is 24.8 Å². The van der Waals surface area contributed by atoms with Crippen LogP contribution in [0.1, 0.15) is 44.2 Å².